The lowest BCUT2D eigenvalue weighted by atomic mass is 10.3. The zero-order valence-corrected chi connectivity index (χ0v) is 9.28. The molecule has 1 aromatic carbocycles. The summed E-state index contributed by atoms with van der Waals surface area (Å²) in [5.74, 6) is 0.253. The van der Waals surface area contributed by atoms with Gasteiger partial charge in [0.05, 0.1) is 0 Å². The Morgan fingerprint density at radius 1 is 1.25 bits per heavy atom. The largest absolute Gasteiger partial charge is 0.490 e. The van der Waals surface area contributed by atoms with Crippen molar-refractivity contribution in [1.29, 1.82) is 0 Å². The Morgan fingerprint density at radius 2 is 2.00 bits per heavy atom. The van der Waals surface area contributed by atoms with Crippen molar-refractivity contribution < 1.29 is 14.2 Å². The summed E-state index contributed by atoms with van der Waals surface area (Å²) in [5.41, 5.74) is 0. The third-order valence-corrected chi connectivity index (χ3v) is 3.07. The lowest BCUT2D eigenvalue weighted by molar-refractivity contribution is 0.111. The molecular formula is C12H11FO2S. The standard InChI is InChI=1S/C12H11FO2S/c13-9-3-5-10(6-4-9)15-8-11(14)12-2-1-7-16-12/h1-7,11,14H,8H2. The zero-order valence-electron chi connectivity index (χ0n) is 8.47. The van der Waals surface area contributed by atoms with E-state index < -0.39 is 6.10 Å². The predicted molar refractivity (Wildman–Crippen MR) is 61.2 cm³/mol. The molecule has 1 unspecified atom stereocenters. The number of thiophene rings is 1. The van der Waals surface area contributed by atoms with Crippen LogP contribution in [0.2, 0.25) is 0 Å². The van der Waals surface area contributed by atoms with Gasteiger partial charge in [-0.25, -0.2) is 4.39 Å². The van der Waals surface area contributed by atoms with Crippen molar-refractivity contribution in [2.75, 3.05) is 6.61 Å². The van der Waals surface area contributed by atoms with Gasteiger partial charge in [0, 0.05) is 4.88 Å². The first kappa shape index (κ1) is 11.1. The van der Waals surface area contributed by atoms with Crippen LogP contribution in [0.3, 0.4) is 0 Å². The van der Waals surface area contributed by atoms with Crippen LogP contribution in [-0.4, -0.2) is 11.7 Å². The fourth-order valence-corrected chi connectivity index (χ4v) is 1.97. The van der Waals surface area contributed by atoms with Gasteiger partial charge >= 0.3 is 0 Å². The van der Waals surface area contributed by atoms with E-state index in [0.29, 0.717) is 5.75 Å². The lowest BCUT2D eigenvalue weighted by Gasteiger charge is -2.10. The zero-order chi connectivity index (χ0) is 11.4. The Kier molecular flexibility index (Phi) is 3.54. The molecule has 2 aromatic rings. The van der Waals surface area contributed by atoms with Crippen LogP contribution in [-0.2, 0) is 0 Å². The van der Waals surface area contributed by atoms with Crippen LogP contribution in [0.5, 0.6) is 5.75 Å². The van der Waals surface area contributed by atoms with Gasteiger partial charge in [0.1, 0.15) is 24.3 Å². The summed E-state index contributed by atoms with van der Waals surface area (Å²) < 4.78 is 17.9. The Morgan fingerprint density at radius 3 is 2.62 bits per heavy atom. The number of aliphatic hydroxyl groups excluding tert-OH is 1. The summed E-state index contributed by atoms with van der Waals surface area (Å²) in [6.45, 7) is 0.173. The van der Waals surface area contributed by atoms with Crippen molar-refractivity contribution >= 4 is 11.3 Å². The maximum atomic E-state index is 12.6. The van der Waals surface area contributed by atoms with Crippen LogP contribution in [0, 0.1) is 5.82 Å². The van der Waals surface area contributed by atoms with E-state index in [-0.39, 0.29) is 12.4 Å². The molecule has 1 heterocycles. The predicted octanol–water partition coefficient (Wildman–Crippen LogP) is 3.00. The molecule has 1 atom stereocenters. The molecule has 1 aromatic heterocycles. The van der Waals surface area contributed by atoms with Crippen molar-refractivity contribution in [3.05, 3.63) is 52.5 Å². The van der Waals surface area contributed by atoms with Crippen LogP contribution in [0.4, 0.5) is 4.39 Å². The summed E-state index contributed by atoms with van der Waals surface area (Å²) >= 11 is 1.48. The Labute approximate surface area is 96.9 Å². The normalized spacial score (nSPS) is 12.4. The van der Waals surface area contributed by atoms with Gasteiger partial charge < -0.3 is 9.84 Å². The van der Waals surface area contributed by atoms with Gasteiger partial charge in [-0.1, -0.05) is 6.07 Å². The molecule has 16 heavy (non-hydrogen) atoms. The first-order valence-corrected chi connectivity index (χ1v) is 5.73. The van der Waals surface area contributed by atoms with E-state index in [1.165, 1.54) is 35.6 Å². The molecule has 0 spiro atoms. The van der Waals surface area contributed by atoms with Crippen molar-refractivity contribution in [3.8, 4) is 5.75 Å². The number of aliphatic hydroxyl groups is 1. The monoisotopic (exact) mass is 238 g/mol. The van der Waals surface area contributed by atoms with Gasteiger partial charge in [-0.05, 0) is 35.7 Å². The van der Waals surface area contributed by atoms with Crippen molar-refractivity contribution in [2.24, 2.45) is 0 Å². The minimum absolute atomic E-state index is 0.173. The smallest absolute Gasteiger partial charge is 0.123 e. The second-order valence-electron chi connectivity index (χ2n) is 3.30. The van der Waals surface area contributed by atoms with Crippen LogP contribution < -0.4 is 4.74 Å². The highest BCUT2D eigenvalue weighted by Gasteiger charge is 2.08. The minimum atomic E-state index is -0.634. The van der Waals surface area contributed by atoms with Crippen molar-refractivity contribution in [2.45, 2.75) is 6.10 Å². The van der Waals surface area contributed by atoms with Crippen LogP contribution in [0.15, 0.2) is 41.8 Å². The Hall–Kier alpha value is -1.39. The molecular weight excluding hydrogens is 227 g/mol. The molecule has 0 saturated heterocycles. The molecule has 0 amide bonds. The molecule has 0 saturated carbocycles. The third-order valence-electron chi connectivity index (χ3n) is 2.09. The van der Waals surface area contributed by atoms with E-state index in [0.717, 1.165) is 4.88 Å². The van der Waals surface area contributed by atoms with E-state index in [2.05, 4.69) is 0 Å². The van der Waals surface area contributed by atoms with E-state index in [1.54, 1.807) is 0 Å². The highest BCUT2D eigenvalue weighted by Crippen LogP contribution is 2.20. The number of ether oxygens (including phenoxy) is 1. The Bertz CT molecular complexity index is 425. The third kappa shape index (κ3) is 2.81. The van der Waals surface area contributed by atoms with E-state index in [9.17, 15) is 9.50 Å². The average Bonchev–Trinajstić information content (AvgIpc) is 2.81. The van der Waals surface area contributed by atoms with Crippen molar-refractivity contribution in [1.82, 2.24) is 0 Å². The second kappa shape index (κ2) is 5.09. The van der Waals surface area contributed by atoms with E-state index in [4.69, 9.17) is 4.74 Å². The van der Waals surface area contributed by atoms with Gasteiger partial charge in [-0.15, -0.1) is 11.3 Å². The molecule has 0 radical (unpaired) electrons. The first-order valence-electron chi connectivity index (χ1n) is 4.85. The Balaban J connectivity index is 1.90. The van der Waals surface area contributed by atoms with E-state index >= 15 is 0 Å². The average molecular weight is 238 g/mol. The highest BCUT2D eigenvalue weighted by molar-refractivity contribution is 7.10. The summed E-state index contributed by atoms with van der Waals surface area (Å²) in [4.78, 5) is 0.863. The summed E-state index contributed by atoms with van der Waals surface area (Å²) in [6, 6.07) is 9.46. The fourth-order valence-electron chi connectivity index (χ4n) is 1.27. The molecule has 4 heteroatoms. The maximum Gasteiger partial charge on any atom is 0.123 e. The van der Waals surface area contributed by atoms with Gasteiger partial charge in [-0.2, -0.15) is 0 Å². The molecule has 1 N–H and O–H groups in total. The summed E-state index contributed by atoms with van der Waals surface area (Å²) in [5, 5.41) is 11.6. The molecule has 84 valence electrons. The van der Waals surface area contributed by atoms with Crippen LogP contribution >= 0.6 is 11.3 Å². The highest BCUT2D eigenvalue weighted by atomic mass is 32.1. The SMILES string of the molecule is OC(COc1ccc(F)cc1)c1cccs1. The first-order chi connectivity index (χ1) is 7.75. The number of rotatable bonds is 4. The van der Waals surface area contributed by atoms with Gasteiger partial charge in [0.25, 0.3) is 0 Å². The number of benzene rings is 1. The molecule has 0 aliphatic heterocycles. The number of hydrogen-bond acceptors (Lipinski definition) is 3. The molecule has 2 nitrogen and oxygen atoms in total. The molecule has 2 rings (SSSR count). The summed E-state index contributed by atoms with van der Waals surface area (Å²) in [6.07, 6.45) is -0.634. The molecule has 0 aliphatic rings. The van der Waals surface area contributed by atoms with Gasteiger partial charge in [-0.3, -0.25) is 0 Å². The van der Waals surface area contributed by atoms with E-state index in [1.807, 2.05) is 17.5 Å². The quantitative estimate of drug-likeness (QED) is 0.887. The molecule has 0 aliphatic carbocycles. The van der Waals surface area contributed by atoms with Gasteiger partial charge in [0.15, 0.2) is 0 Å². The van der Waals surface area contributed by atoms with Gasteiger partial charge in [0.2, 0.25) is 0 Å². The number of hydrogen-bond donors (Lipinski definition) is 1. The minimum Gasteiger partial charge on any atom is -0.490 e. The lowest BCUT2D eigenvalue weighted by Crippen LogP contribution is -2.08. The summed E-state index contributed by atoms with van der Waals surface area (Å²) in [7, 11) is 0. The fraction of sp³-hybridized carbons (Fsp3) is 0.167. The molecule has 0 fully saturated rings. The maximum absolute atomic E-state index is 12.6. The molecule has 0 bridgehead atoms. The topological polar surface area (TPSA) is 29.5 Å². The second-order valence-corrected chi connectivity index (χ2v) is 4.28. The number of halogens is 1. The van der Waals surface area contributed by atoms with Crippen LogP contribution in [0.25, 0.3) is 0 Å². The van der Waals surface area contributed by atoms with Crippen molar-refractivity contribution in [3.63, 3.8) is 0 Å². The van der Waals surface area contributed by atoms with Crippen LogP contribution in [0.1, 0.15) is 11.0 Å².